The molecule has 0 aliphatic rings. The SMILES string of the molecule is Cc1cc(OCCNC(=O)CCc2ccccc2)cc(C)c1Cl. The van der Waals surface area contributed by atoms with Crippen LogP contribution in [0.3, 0.4) is 0 Å². The molecular weight excluding hydrogens is 310 g/mol. The highest BCUT2D eigenvalue weighted by atomic mass is 35.5. The smallest absolute Gasteiger partial charge is 0.220 e. The van der Waals surface area contributed by atoms with Crippen LogP contribution in [0.4, 0.5) is 0 Å². The topological polar surface area (TPSA) is 38.3 Å². The van der Waals surface area contributed by atoms with E-state index in [9.17, 15) is 4.79 Å². The molecule has 23 heavy (non-hydrogen) atoms. The molecule has 0 radical (unpaired) electrons. The van der Waals surface area contributed by atoms with Crippen molar-refractivity contribution in [2.75, 3.05) is 13.2 Å². The summed E-state index contributed by atoms with van der Waals surface area (Å²) in [6.07, 6.45) is 1.24. The van der Waals surface area contributed by atoms with Gasteiger partial charge in [-0.1, -0.05) is 41.9 Å². The highest BCUT2D eigenvalue weighted by molar-refractivity contribution is 6.32. The zero-order valence-corrected chi connectivity index (χ0v) is 14.3. The third-order valence-electron chi connectivity index (χ3n) is 3.59. The lowest BCUT2D eigenvalue weighted by atomic mass is 10.1. The van der Waals surface area contributed by atoms with Gasteiger partial charge >= 0.3 is 0 Å². The van der Waals surface area contributed by atoms with Crippen molar-refractivity contribution in [2.24, 2.45) is 0 Å². The molecule has 1 N–H and O–H groups in total. The van der Waals surface area contributed by atoms with E-state index in [0.29, 0.717) is 19.6 Å². The van der Waals surface area contributed by atoms with Gasteiger partial charge in [0.2, 0.25) is 5.91 Å². The summed E-state index contributed by atoms with van der Waals surface area (Å²) in [5, 5.41) is 3.64. The van der Waals surface area contributed by atoms with Crippen molar-refractivity contribution in [3.05, 3.63) is 64.2 Å². The Kier molecular flexibility index (Phi) is 6.48. The number of nitrogens with one attached hydrogen (secondary N) is 1. The number of amides is 1. The average molecular weight is 332 g/mol. The first-order chi connectivity index (χ1) is 11.1. The van der Waals surface area contributed by atoms with Crippen molar-refractivity contribution in [3.8, 4) is 5.75 Å². The zero-order valence-electron chi connectivity index (χ0n) is 13.6. The molecule has 2 aromatic carbocycles. The zero-order chi connectivity index (χ0) is 16.7. The molecule has 1 amide bonds. The molecule has 2 rings (SSSR count). The summed E-state index contributed by atoms with van der Waals surface area (Å²) in [6.45, 7) is 4.84. The van der Waals surface area contributed by atoms with Gasteiger partial charge in [-0.3, -0.25) is 4.79 Å². The highest BCUT2D eigenvalue weighted by Crippen LogP contribution is 2.25. The van der Waals surface area contributed by atoms with Crippen LogP contribution in [0.5, 0.6) is 5.75 Å². The first-order valence-electron chi connectivity index (χ1n) is 7.76. The molecule has 0 bridgehead atoms. The molecular formula is C19H22ClNO2. The molecule has 0 saturated heterocycles. The number of benzene rings is 2. The largest absolute Gasteiger partial charge is 0.492 e. The summed E-state index contributed by atoms with van der Waals surface area (Å²) in [7, 11) is 0. The normalized spacial score (nSPS) is 10.4. The number of hydrogen-bond donors (Lipinski definition) is 1. The molecule has 0 fully saturated rings. The number of halogens is 1. The molecule has 0 aliphatic heterocycles. The Bertz CT molecular complexity index is 633. The van der Waals surface area contributed by atoms with E-state index in [-0.39, 0.29) is 5.91 Å². The van der Waals surface area contributed by atoms with Crippen molar-refractivity contribution in [2.45, 2.75) is 26.7 Å². The van der Waals surface area contributed by atoms with E-state index in [1.807, 2.05) is 56.3 Å². The fourth-order valence-electron chi connectivity index (χ4n) is 2.34. The molecule has 2 aromatic rings. The number of carbonyl (C=O) groups is 1. The second kappa shape index (κ2) is 8.59. The fraction of sp³-hybridized carbons (Fsp3) is 0.316. The minimum Gasteiger partial charge on any atom is -0.492 e. The van der Waals surface area contributed by atoms with Gasteiger partial charge in [-0.05, 0) is 49.1 Å². The second-order valence-electron chi connectivity index (χ2n) is 5.56. The van der Waals surface area contributed by atoms with E-state index < -0.39 is 0 Å². The van der Waals surface area contributed by atoms with Crippen LogP contribution in [0.2, 0.25) is 5.02 Å². The van der Waals surface area contributed by atoms with Crippen LogP contribution in [0.25, 0.3) is 0 Å². The van der Waals surface area contributed by atoms with Crippen LogP contribution in [-0.4, -0.2) is 19.1 Å². The van der Waals surface area contributed by atoms with Crippen LogP contribution in [0.15, 0.2) is 42.5 Å². The summed E-state index contributed by atoms with van der Waals surface area (Å²) >= 11 is 6.13. The average Bonchev–Trinajstić information content (AvgIpc) is 2.55. The van der Waals surface area contributed by atoms with Gasteiger partial charge < -0.3 is 10.1 Å². The maximum absolute atomic E-state index is 11.8. The molecule has 0 heterocycles. The Morgan fingerprint density at radius 3 is 2.43 bits per heavy atom. The number of hydrogen-bond acceptors (Lipinski definition) is 2. The lowest BCUT2D eigenvalue weighted by Gasteiger charge is -2.10. The molecule has 0 aromatic heterocycles. The van der Waals surface area contributed by atoms with Gasteiger partial charge in [0.25, 0.3) is 0 Å². The Hall–Kier alpha value is -2.00. The van der Waals surface area contributed by atoms with E-state index in [2.05, 4.69) is 5.32 Å². The van der Waals surface area contributed by atoms with Crippen LogP contribution in [0, 0.1) is 13.8 Å². The molecule has 0 spiro atoms. The summed E-state index contributed by atoms with van der Waals surface area (Å²) in [5.41, 5.74) is 3.16. The standard InChI is InChI=1S/C19H22ClNO2/c1-14-12-17(13-15(2)19(14)20)23-11-10-21-18(22)9-8-16-6-4-3-5-7-16/h3-7,12-13H,8-11H2,1-2H3,(H,21,22). The van der Waals surface area contributed by atoms with Gasteiger partial charge in [-0.15, -0.1) is 0 Å². The van der Waals surface area contributed by atoms with Gasteiger partial charge in [0, 0.05) is 11.4 Å². The van der Waals surface area contributed by atoms with Crippen molar-refractivity contribution >= 4 is 17.5 Å². The number of carbonyl (C=O) groups excluding carboxylic acids is 1. The predicted molar refractivity (Wildman–Crippen MR) is 94.2 cm³/mol. The monoisotopic (exact) mass is 331 g/mol. The van der Waals surface area contributed by atoms with Gasteiger partial charge in [0.15, 0.2) is 0 Å². The summed E-state index contributed by atoms with van der Waals surface area (Å²) in [6, 6.07) is 13.8. The first-order valence-corrected chi connectivity index (χ1v) is 8.14. The Balaban J connectivity index is 1.68. The number of aryl methyl sites for hydroxylation is 3. The van der Waals surface area contributed by atoms with Crippen molar-refractivity contribution < 1.29 is 9.53 Å². The quantitative estimate of drug-likeness (QED) is 0.776. The molecule has 0 atom stereocenters. The minimum absolute atomic E-state index is 0.0425. The van der Waals surface area contributed by atoms with Gasteiger partial charge in [-0.2, -0.15) is 0 Å². The van der Waals surface area contributed by atoms with Crippen LogP contribution < -0.4 is 10.1 Å². The maximum atomic E-state index is 11.8. The molecule has 4 heteroatoms. The number of rotatable bonds is 7. The first kappa shape index (κ1) is 17.4. The Morgan fingerprint density at radius 1 is 1.13 bits per heavy atom. The molecule has 122 valence electrons. The second-order valence-corrected chi connectivity index (χ2v) is 5.93. The van der Waals surface area contributed by atoms with E-state index in [0.717, 1.165) is 28.3 Å². The third-order valence-corrected chi connectivity index (χ3v) is 4.18. The van der Waals surface area contributed by atoms with Crippen molar-refractivity contribution in [1.82, 2.24) is 5.32 Å². The maximum Gasteiger partial charge on any atom is 0.220 e. The molecule has 0 unspecified atom stereocenters. The molecule has 3 nitrogen and oxygen atoms in total. The molecule has 0 saturated carbocycles. The van der Waals surface area contributed by atoms with Crippen LogP contribution in [0.1, 0.15) is 23.1 Å². The van der Waals surface area contributed by atoms with Gasteiger partial charge in [0.05, 0.1) is 6.54 Å². The Labute approximate surface area is 142 Å². The van der Waals surface area contributed by atoms with Crippen molar-refractivity contribution in [3.63, 3.8) is 0 Å². The van der Waals surface area contributed by atoms with Crippen LogP contribution in [-0.2, 0) is 11.2 Å². The Morgan fingerprint density at radius 2 is 1.78 bits per heavy atom. The predicted octanol–water partition coefficient (Wildman–Crippen LogP) is 4.08. The van der Waals surface area contributed by atoms with E-state index in [1.54, 1.807) is 0 Å². The number of ether oxygens (including phenoxy) is 1. The van der Waals surface area contributed by atoms with Gasteiger partial charge in [0.1, 0.15) is 12.4 Å². The van der Waals surface area contributed by atoms with Crippen LogP contribution >= 0.6 is 11.6 Å². The van der Waals surface area contributed by atoms with Crippen molar-refractivity contribution in [1.29, 1.82) is 0 Å². The summed E-state index contributed by atoms with van der Waals surface area (Å²) in [4.78, 5) is 11.8. The summed E-state index contributed by atoms with van der Waals surface area (Å²) < 4.78 is 5.66. The lowest BCUT2D eigenvalue weighted by Crippen LogP contribution is -2.28. The lowest BCUT2D eigenvalue weighted by molar-refractivity contribution is -0.121. The van der Waals surface area contributed by atoms with Gasteiger partial charge in [-0.25, -0.2) is 0 Å². The molecule has 0 aliphatic carbocycles. The fourth-order valence-corrected chi connectivity index (χ4v) is 2.45. The van der Waals surface area contributed by atoms with E-state index >= 15 is 0 Å². The van der Waals surface area contributed by atoms with E-state index in [4.69, 9.17) is 16.3 Å². The minimum atomic E-state index is 0.0425. The highest BCUT2D eigenvalue weighted by Gasteiger charge is 2.04. The summed E-state index contributed by atoms with van der Waals surface area (Å²) in [5.74, 6) is 0.823. The van der Waals surface area contributed by atoms with E-state index in [1.165, 1.54) is 5.56 Å². The third kappa shape index (κ3) is 5.61.